The van der Waals surface area contributed by atoms with Crippen LogP contribution in [0.1, 0.15) is 354 Å². The zero-order valence-corrected chi connectivity index (χ0v) is 52.2. The Morgan fingerprint density at radius 1 is 0.440 bits per heavy atom. The van der Waals surface area contributed by atoms with Crippen LogP contribution in [0.25, 0.3) is 0 Å². The topological polar surface area (TPSA) is 105 Å². The number of carbonyl (C=O) groups is 1. The van der Waals surface area contributed by atoms with Crippen LogP contribution in [-0.4, -0.2) is 73.4 Å². The number of nitrogens with one attached hydrogen (secondary N) is 1. The number of phosphoric ester groups is 1. The van der Waals surface area contributed by atoms with E-state index in [0.717, 1.165) is 32.1 Å². The maximum Gasteiger partial charge on any atom is 0.472 e. The van der Waals surface area contributed by atoms with E-state index in [4.69, 9.17) is 9.05 Å². The van der Waals surface area contributed by atoms with E-state index in [1.54, 1.807) is 6.08 Å². The Labute approximate surface area is 469 Å². The summed E-state index contributed by atoms with van der Waals surface area (Å²) in [5, 5.41) is 14.0. The Morgan fingerprint density at radius 2 is 0.707 bits per heavy atom. The molecule has 0 bridgehead atoms. The quantitative estimate of drug-likeness (QED) is 0.0243. The lowest BCUT2D eigenvalue weighted by Gasteiger charge is -2.25. The normalized spacial score (nSPS) is 13.7. The van der Waals surface area contributed by atoms with Gasteiger partial charge in [-0.25, -0.2) is 4.57 Å². The fraction of sp³-hybridized carbons (Fsp3) is 0.955. The maximum atomic E-state index is 13.0. The summed E-state index contributed by atoms with van der Waals surface area (Å²) in [7, 11) is 1.59. The molecule has 3 unspecified atom stereocenters. The number of unbranched alkanes of at least 4 members (excludes halogenated alkanes) is 50. The van der Waals surface area contributed by atoms with Crippen molar-refractivity contribution in [2.24, 2.45) is 0 Å². The van der Waals surface area contributed by atoms with E-state index >= 15 is 0 Å². The van der Waals surface area contributed by atoms with Gasteiger partial charge in [0.05, 0.1) is 39.9 Å². The third kappa shape index (κ3) is 60.7. The minimum absolute atomic E-state index is 0.0655. The van der Waals surface area contributed by atoms with Gasteiger partial charge in [-0.1, -0.05) is 341 Å². The van der Waals surface area contributed by atoms with Gasteiger partial charge in [0.15, 0.2) is 0 Å². The maximum absolute atomic E-state index is 13.0. The van der Waals surface area contributed by atoms with Crippen LogP contribution >= 0.6 is 7.82 Å². The number of allylic oxidation sites excluding steroid dienone is 1. The fourth-order valence-corrected chi connectivity index (χ4v) is 11.3. The number of amides is 1. The molecule has 3 atom stereocenters. The van der Waals surface area contributed by atoms with Gasteiger partial charge in [0.2, 0.25) is 5.91 Å². The van der Waals surface area contributed by atoms with E-state index in [-0.39, 0.29) is 19.1 Å². The molecule has 0 aliphatic heterocycles. The number of likely N-dealkylation sites (N-methyl/N-ethyl adjacent to an activating group) is 1. The second-order valence-electron chi connectivity index (χ2n) is 24.6. The van der Waals surface area contributed by atoms with Crippen molar-refractivity contribution in [3.8, 4) is 0 Å². The van der Waals surface area contributed by atoms with Crippen molar-refractivity contribution in [3.63, 3.8) is 0 Å². The monoisotopic (exact) mass is 1080 g/mol. The minimum Gasteiger partial charge on any atom is -0.387 e. The highest BCUT2D eigenvalue weighted by Crippen LogP contribution is 2.43. The van der Waals surface area contributed by atoms with E-state index < -0.39 is 20.0 Å². The summed E-state index contributed by atoms with van der Waals surface area (Å²) in [6.45, 7) is 4.89. The van der Waals surface area contributed by atoms with Crippen molar-refractivity contribution in [2.75, 3.05) is 40.9 Å². The van der Waals surface area contributed by atoms with Gasteiger partial charge in [-0.05, 0) is 19.3 Å². The Balaban J connectivity index is 4.07. The molecule has 8 nitrogen and oxygen atoms in total. The molecule has 0 spiro atoms. The minimum atomic E-state index is -4.35. The molecule has 0 rings (SSSR count). The van der Waals surface area contributed by atoms with Crippen molar-refractivity contribution in [1.82, 2.24) is 5.32 Å². The number of nitrogens with zero attached hydrogens (tertiary/aromatic N) is 1. The molecular formula is C66H134N2O6P+. The summed E-state index contributed by atoms with van der Waals surface area (Å²) in [4.78, 5) is 23.4. The van der Waals surface area contributed by atoms with Gasteiger partial charge < -0.3 is 19.8 Å². The van der Waals surface area contributed by atoms with Gasteiger partial charge in [-0.2, -0.15) is 0 Å². The number of quaternary nitrogens is 1. The van der Waals surface area contributed by atoms with Gasteiger partial charge in [0.25, 0.3) is 0 Å². The van der Waals surface area contributed by atoms with Crippen molar-refractivity contribution >= 4 is 13.7 Å². The number of aliphatic hydroxyl groups is 1. The van der Waals surface area contributed by atoms with Crippen LogP contribution in [-0.2, 0) is 18.4 Å². The summed E-state index contributed by atoms with van der Waals surface area (Å²) in [6.07, 6.45) is 73.5. The molecule has 0 aliphatic carbocycles. The molecule has 0 aromatic carbocycles. The van der Waals surface area contributed by atoms with E-state index in [9.17, 15) is 19.4 Å². The smallest absolute Gasteiger partial charge is 0.387 e. The molecule has 0 fully saturated rings. The Kier molecular flexibility index (Phi) is 57.3. The standard InChI is InChI=1S/C66H133N2O6P/c1-6-8-10-12-14-16-18-20-22-24-26-28-30-32-34-35-37-39-41-43-45-47-49-51-53-55-57-59-65(69)64(63-74-75(71,72)73-62-61-68(3,4)5)67-66(70)60-58-56-54-52-50-48-46-44-42-40-38-36-33-31-29-27-25-23-21-19-17-15-13-11-9-7-2/h57,59,64-65,69H,6-56,58,60-63H2,1-5H3,(H-,67,70,71,72)/p+1/b59-57+. The lowest BCUT2D eigenvalue weighted by Crippen LogP contribution is -2.45. The fourth-order valence-electron chi connectivity index (χ4n) is 10.5. The van der Waals surface area contributed by atoms with Crippen molar-refractivity contribution in [1.29, 1.82) is 0 Å². The summed E-state index contributed by atoms with van der Waals surface area (Å²) in [6, 6.07) is -0.843. The van der Waals surface area contributed by atoms with Crippen molar-refractivity contribution in [2.45, 2.75) is 366 Å². The number of hydrogen-bond donors (Lipinski definition) is 3. The highest BCUT2D eigenvalue weighted by atomic mass is 31.2. The van der Waals surface area contributed by atoms with Crippen molar-refractivity contribution < 1.29 is 32.9 Å². The lowest BCUT2D eigenvalue weighted by atomic mass is 10.0. The molecule has 0 saturated heterocycles. The van der Waals surface area contributed by atoms with Crippen LogP contribution in [0.15, 0.2) is 12.2 Å². The Morgan fingerprint density at radius 3 is 0.987 bits per heavy atom. The number of carbonyl (C=O) groups excluding carboxylic acids is 1. The average molecular weight is 1080 g/mol. The number of rotatable bonds is 63. The molecule has 0 heterocycles. The predicted octanol–water partition coefficient (Wildman–Crippen LogP) is 20.9. The first-order chi connectivity index (χ1) is 36.5. The largest absolute Gasteiger partial charge is 0.472 e. The highest BCUT2D eigenvalue weighted by molar-refractivity contribution is 7.47. The highest BCUT2D eigenvalue weighted by Gasteiger charge is 2.28. The zero-order chi connectivity index (χ0) is 54.9. The second kappa shape index (κ2) is 57.9. The van der Waals surface area contributed by atoms with E-state index in [2.05, 4.69) is 19.2 Å². The first-order valence-electron chi connectivity index (χ1n) is 33.6. The summed E-state index contributed by atoms with van der Waals surface area (Å²) < 4.78 is 23.8. The lowest BCUT2D eigenvalue weighted by molar-refractivity contribution is -0.870. The van der Waals surface area contributed by atoms with Gasteiger partial charge >= 0.3 is 7.82 Å². The van der Waals surface area contributed by atoms with E-state index in [0.29, 0.717) is 17.4 Å². The van der Waals surface area contributed by atoms with Crippen LogP contribution in [0.2, 0.25) is 0 Å². The first-order valence-corrected chi connectivity index (χ1v) is 35.1. The van der Waals surface area contributed by atoms with E-state index in [1.807, 2.05) is 27.2 Å². The molecule has 3 N–H and O–H groups in total. The Bertz CT molecular complexity index is 1230. The predicted molar refractivity (Wildman–Crippen MR) is 328 cm³/mol. The molecule has 9 heteroatoms. The first kappa shape index (κ1) is 74.2. The second-order valence-corrected chi connectivity index (χ2v) is 26.0. The van der Waals surface area contributed by atoms with E-state index in [1.165, 1.54) is 302 Å². The van der Waals surface area contributed by atoms with Gasteiger partial charge in [-0.3, -0.25) is 13.8 Å². The molecule has 0 saturated carbocycles. The summed E-state index contributed by atoms with van der Waals surface area (Å²) in [5.41, 5.74) is 0. The molecule has 1 amide bonds. The molecule has 0 aromatic rings. The molecule has 448 valence electrons. The van der Waals surface area contributed by atoms with Crippen LogP contribution in [0.4, 0.5) is 0 Å². The summed E-state index contributed by atoms with van der Waals surface area (Å²) in [5.74, 6) is -0.167. The third-order valence-electron chi connectivity index (χ3n) is 15.8. The molecule has 0 radical (unpaired) electrons. The van der Waals surface area contributed by atoms with Crippen LogP contribution in [0.3, 0.4) is 0 Å². The molecule has 0 aromatic heterocycles. The van der Waals surface area contributed by atoms with Crippen LogP contribution < -0.4 is 5.32 Å². The van der Waals surface area contributed by atoms with Gasteiger partial charge in [0.1, 0.15) is 13.2 Å². The third-order valence-corrected chi connectivity index (χ3v) is 16.7. The average Bonchev–Trinajstić information content (AvgIpc) is 3.37. The molecular weight excluding hydrogens is 948 g/mol. The van der Waals surface area contributed by atoms with Gasteiger partial charge in [-0.15, -0.1) is 0 Å². The van der Waals surface area contributed by atoms with Crippen LogP contribution in [0.5, 0.6) is 0 Å². The SMILES string of the molecule is CCCCCCCCCCCCCCCCCCCCCCCCCCC/C=C/C(O)C(COP(=O)(O)OCC[N+](C)(C)C)NC(=O)CCCCCCCCCCCCCCCCCCCCCCCCCCCC. The zero-order valence-electron chi connectivity index (χ0n) is 51.3. The summed E-state index contributed by atoms with van der Waals surface area (Å²) >= 11 is 0. The number of hydrogen-bond acceptors (Lipinski definition) is 5. The van der Waals surface area contributed by atoms with Gasteiger partial charge in [0, 0.05) is 6.42 Å². The van der Waals surface area contributed by atoms with Crippen molar-refractivity contribution in [3.05, 3.63) is 12.2 Å². The van der Waals surface area contributed by atoms with Crippen LogP contribution in [0, 0.1) is 0 Å². The molecule has 0 aliphatic rings. The number of phosphoric acid groups is 1. The number of aliphatic hydroxyl groups excluding tert-OH is 1. The Hall–Kier alpha value is -0.760. The molecule has 75 heavy (non-hydrogen) atoms.